The van der Waals surface area contributed by atoms with Crippen LogP contribution in [0.2, 0.25) is 0 Å². The predicted octanol–water partition coefficient (Wildman–Crippen LogP) is 0.455. The van der Waals surface area contributed by atoms with E-state index in [1.54, 1.807) is 0 Å². The lowest BCUT2D eigenvalue weighted by Gasteiger charge is -2.28. The lowest BCUT2D eigenvalue weighted by Crippen LogP contribution is -2.54. The second-order valence-corrected chi connectivity index (χ2v) is 4.03. The number of halogens is 1. The van der Waals surface area contributed by atoms with Crippen LogP contribution in [0.4, 0.5) is 0 Å². The van der Waals surface area contributed by atoms with Crippen LogP contribution in [0.3, 0.4) is 0 Å². The van der Waals surface area contributed by atoms with E-state index in [1.165, 1.54) is 6.42 Å². The fourth-order valence-corrected chi connectivity index (χ4v) is 1.82. The molecule has 4 nitrogen and oxygen atoms in total. The van der Waals surface area contributed by atoms with Crippen molar-refractivity contribution in [3.05, 3.63) is 0 Å². The summed E-state index contributed by atoms with van der Waals surface area (Å²) in [6.45, 7) is 2.50. The molecule has 0 aliphatic carbocycles. The molecular formula is C10H19ClN2O2. The molecule has 1 amide bonds. The molecule has 2 saturated heterocycles. The highest BCUT2D eigenvalue weighted by Gasteiger charge is 2.25. The number of rotatable bonds is 3. The van der Waals surface area contributed by atoms with Crippen molar-refractivity contribution in [2.45, 2.75) is 37.8 Å². The molecule has 0 aromatic heterocycles. The van der Waals surface area contributed by atoms with E-state index in [0.29, 0.717) is 6.54 Å². The molecule has 2 heterocycles. The average molecular weight is 235 g/mol. The first-order valence-electron chi connectivity index (χ1n) is 5.49. The molecule has 0 aromatic carbocycles. The Morgan fingerprint density at radius 2 is 2.20 bits per heavy atom. The molecule has 2 rings (SSSR count). The van der Waals surface area contributed by atoms with Crippen LogP contribution in [0.1, 0.15) is 25.7 Å². The normalized spacial score (nSPS) is 29.9. The standard InChI is InChI=1S/C10H18N2O2.ClH/c13-10(9-4-5-11-9)12-7-8-3-1-2-6-14-8;/h8-9,11H,1-7H2,(H,12,13);1H/t8?,9-;/m1./s1. The summed E-state index contributed by atoms with van der Waals surface area (Å²) >= 11 is 0. The van der Waals surface area contributed by atoms with Crippen LogP contribution in [-0.4, -0.2) is 37.7 Å². The van der Waals surface area contributed by atoms with Crippen LogP contribution >= 0.6 is 12.4 Å². The zero-order chi connectivity index (χ0) is 9.80. The van der Waals surface area contributed by atoms with Crippen molar-refractivity contribution < 1.29 is 9.53 Å². The maximum Gasteiger partial charge on any atom is 0.237 e. The van der Waals surface area contributed by atoms with Crippen molar-refractivity contribution in [2.24, 2.45) is 0 Å². The predicted molar refractivity (Wildman–Crippen MR) is 60.3 cm³/mol. The SMILES string of the molecule is Cl.O=C(NCC1CCCCO1)[C@H]1CCN1. The molecule has 0 aromatic rings. The number of carbonyl (C=O) groups excluding carboxylic acids is 1. The first kappa shape index (κ1) is 12.7. The summed E-state index contributed by atoms with van der Waals surface area (Å²) in [5.41, 5.74) is 0. The van der Waals surface area contributed by atoms with Crippen LogP contribution in [0.25, 0.3) is 0 Å². The Bertz CT molecular complexity index is 204. The van der Waals surface area contributed by atoms with E-state index in [4.69, 9.17) is 4.74 Å². The first-order valence-corrected chi connectivity index (χ1v) is 5.49. The summed E-state index contributed by atoms with van der Waals surface area (Å²) < 4.78 is 5.52. The maximum atomic E-state index is 11.4. The minimum Gasteiger partial charge on any atom is -0.376 e. The molecule has 0 radical (unpaired) electrons. The topological polar surface area (TPSA) is 50.4 Å². The van der Waals surface area contributed by atoms with E-state index in [2.05, 4.69) is 10.6 Å². The first-order chi connectivity index (χ1) is 6.86. The molecule has 1 unspecified atom stereocenters. The second-order valence-electron chi connectivity index (χ2n) is 4.03. The highest BCUT2D eigenvalue weighted by molar-refractivity contribution is 5.85. The van der Waals surface area contributed by atoms with Crippen LogP contribution in [0.5, 0.6) is 0 Å². The minimum absolute atomic E-state index is 0. The monoisotopic (exact) mass is 234 g/mol. The zero-order valence-electron chi connectivity index (χ0n) is 8.83. The summed E-state index contributed by atoms with van der Waals surface area (Å²) in [7, 11) is 0. The van der Waals surface area contributed by atoms with Gasteiger partial charge < -0.3 is 15.4 Å². The fourth-order valence-electron chi connectivity index (χ4n) is 1.82. The van der Waals surface area contributed by atoms with Gasteiger partial charge in [-0.15, -0.1) is 12.4 Å². The van der Waals surface area contributed by atoms with E-state index in [-0.39, 0.29) is 30.5 Å². The van der Waals surface area contributed by atoms with Crippen molar-refractivity contribution in [1.29, 1.82) is 0 Å². The van der Waals surface area contributed by atoms with E-state index in [1.807, 2.05) is 0 Å². The quantitative estimate of drug-likeness (QED) is 0.746. The number of ether oxygens (including phenoxy) is 1. The maximum absolute atomic E-state index is 11.4. The van der Waals surface area contributed by atoms with Gasteiger partial charge in [-0.25, -0.2) is 0 Å². The van der Waals surface area contributed by atoms with Gasteiger partial charge in [-0.1, -0.05) is 0 Å². The smallest absolute Gasteiger partial charge is 0.237 e. The summed E-state index contributed by atoms with van der Waals surface area (Å²) in [6, 6.07) is 0.0543. The van der Waals surface area contributed by atoms with Crippen molar-refractivity contribution in [1.82, 2.24) is 10.6 Å². The Labute approximate surface area is 96.5 Å². The van der Waals surface area contributed by atoms with Gasteiger partial charge in [-0.3, -0.25) is 4.79 Å². The van der Waals surface area contributed by atoms with Gasteiger partial charge in [0.1, 0.15) is 0 Å². The molecule has 2 N–H and O–H groups in total. The van der Waals surface area contributed by atoms with Crippen molar-refractivity contribution in [3.63, 3.8) is 0 Å². The van der Waals surface area contributed by atoms with Crippen molar-refractivity contribution in [2.75, 3.05) is 19.7 Å². The molecule has 0 bridgehead atoms. The van der Waals surface area contributed by atoms with Gasteiger partial charge in [-0.2, -0.15) is 0 Å². The van der Waals surface area contributed by atoms with Crippen LogP contribution in [-0.2, 0) is 9.53 Å². The summed E-state index contributed by atoms with van der Waals surface area (Å²) in [6.07, 6.45) is 4.68. The van der Waals surface area contributed by atoms with Gasteiger partial charge in [0.25, 0.3) is 0 Å². The summed E-state index contributed by atoms with van der Waals surface area (Å²) in [5, 5.41) is 6.01. The van der Waals surface area contributed by atoms with E-state index < -0.39 is 0 Å². The Morgan fingerprint density at radius 3 is 2.73 bits per heavy atom. The average Bonchev–Trinajstić information content (AvgIpc) is 2.14. The van der Waals surface area contributed by atoms with Crippen molar-refractivity contribution in [3.8, 4) is 0 Å². The highest BCUT2D eigenvalue weighted by Crippen LogP contribution is 2.11. The lowest BCUT2D eigenvalue weighted by molar-refractivity contribution is -0.125. The number of carbonyl (C=O) groups is 1. The van der Waals surface area contributed by atoms with E-state index >= 15 is 0 Å². The molecule has 2 aliphatic rings. The summed E-state index contributed by atoms with van der Waals surface area (Å²) in [4.78, 5) is 11.4. The van der Waals surface area contributed by atoms with Gasteiger partial charge in [0.2, 0.25) is 5.91 Å². The van der Waals surface area contributed by atoms with Gasteiger partial charge in [0, 0.05) is 13.2 Å². The molecular weight excluding hydrogens is 216 g/mol. The number of amides is 1. The van der Waals surface area contributed by atoms with E-state index in [9.17, 15) is 4.79 Å². The van der Waals surface area contributed by atoms with Crippen LogP contribution in [0.15, 0.2) is 0 Å². The Morgan fingerprint density at radius 1 is 1.40 bits per heavy atom. The molecule has 2 fully saturated rings. The largest absolute Gasteiger partial charge is 0.376 e. The van der Waals surface area contributed by atoms with Gasteiger partial charge in [-0.05, 0) is 32.2 Å². The second kappa shape index (κ2) is 6.30. The molecule has 2 aliphatic heterocycles. The highest BCUT2D eigenvalue weighted by atomic mass is 35.5. The lowest BCUT2D eigenvalue weighted by atomic mass is 10.1. The van der Waals surface area contributed by atoms with Gasteiger partial charge >= 0.3 is 0 Å². The van der Waals surface area contributed by atoms with Gasteiger partial charge in [0.15, 0.2) is 0 Å². The number of hydrogen-bond donors (Lipinski definition) is 2. The Balaban J connectivity index is 0.00000112. The molecule has 88 valence electrons. The van der Waals surface area contributed by atoms with E-state index in [0.717, 1.165) is 32.4 Å². The third kappa shape index (κ3) is 3.63. The number of nitrogens with one attached hydrogen (secondary N) is 2. The fraction of sp³-hybridized carbons (Fsp3) is 0.900. The van der Waals surface area contributed by atoms with Gasteiger partial charge in [0.05, 0.1) is 12.1 Å². The third-order valence-corrected chi connectivity index (χ3v) is 2.92. The molecule has 2 atom stereocenters. The zero-order valence-corrected chi connectivity index (χ0v) is 9.65. The minimum atomic E-state index is 0. The molecule has 0 saturated carbocycles. The molecule has 0 spiro atoms. The van der Waals surface area contributed by atoms with Crippen molar-refractivity contribution >= 4 is 18.3 Å². The Kier molecular flexibility index (Phi) is 5.36. The summed E-state index contributed by atoms with van der Waals surface area (Å²) in [5.74, 6) is 0.130. The third-order valence-electron chi connectivity index (χ3n) is 2.92. The van der Waals surface area contributed by atoms with Crippen LogP contribution < -0.4 is 10.6 Å². The molecule has 5 heteroatoms. The van der Waals surface area contributed by atoms with Crippen LogP contribution in [0, 0.1) is 0 Å². The molecule has 15 heavy (non-hydrogen) atoms. The number of hydrogen-bond acceptors (Lipinski definition) is 3. The Hall–Kier alpha value is -0.320.